The van der Waals surface area contributed by atoms with Crippen LogP contribution in [0.4, 0.5) is 5.69 Å². The maximum absolute atomic E-state index is 12.4. The van der Waals surface area contributed by atoms with E-state index in [4.69, 9.17) is 23.2 Å². The summed E-state index contributed by atoms with van der Waals surface area (Å²) in [6.07, 6.45) is 1.37. The van der Waals surface area contributed by atoms with Crippen LogP contribution in [0.2, 0.25) is 10.0 Å². The quantitative estimate of drug-likeness (QED) is 0.597. The van der Waals surface area contributed by atoms with Crippen molar-refractivity contribution in [3.63, 3.8) is 0 Å². The van der Waals surface area contributed by atoms with Crippen molar-refractivity contribution in [3.05, 3.63) is 58.1 Å². The van der Waals surface area contributed by atoms with Crippen LogP contribution in [-0.2, 0) is 20.6 Å². The summed E-state index contributed by atoms with van der Waals surface area (Å²) in [4.78, 5) is 13.6. The number of carbonyl (C=O) groups is 1. The summed E-state index contributed by atoms with van der Waals surface area (Å²) in [6, 6.07) is 11.8. The molecule has 0 radical (unpaired) electrons. The fourth-order valence-electron chi connectivity index (χ4n) is 2.90. The molecule has 2 aromatic carbocycles. The van der Waals surface area contributed by atoms with E-state index in [0.717, 1.165) is 17.7 Å². The number of anilines is 1. The molecular formula is C19H20Cl2N2O3S2. The van der Waals surface area contributed by atoms with Gasteiger partial charge in [0.05, 0.1) is 4.90 Å². The van der Waals surface area contributed by atoms with Crippen molar-refractivity contribution >= 4 is 56.6 Å². The molecule has 3 rings (SSSR count). The average Bonchev–Trinajstić information content (AvgIpc) is 3.09. The van der Waals surface area contributed by atoms with Gasteiger partial charge in [-0.25, -0.2) is 13.1 Å². The highest BCUT2D eigenvalue weighted by molar-refractivity contribution is 7.98. The minimum atomic E-state index is -3.59. The summed E-state index contributed by atoms with van der Waals surface area (Å²) in [5, 5.41) is 1.22. The molecule has 9 heteroatoms. The van der Waals surface area contributed by atoms with Gasteiger partial charge in [0, 0.05) is 46.7 Å². The number of halogens is 2. The average molecular weight is 459 g/mol. The molecule has 0 atom stereocenters. The van der Waals surface area contributed by atoms with Gasteiger partial charge in [0.1, 0.15) is 0 Å². The van der Waals surface area contributed by atoms with Crippen molar-refractivity contribution in [1.29, 1.82) is 0 Å². The number of nitrogens with zero attached hydrogens (tertiary/aromatic N) is 1. The Kier molecular flexibility index (Phi) is 7.28. The third-order valence-electron chi connectivity index (χ3n) is 4.38. The SMILES string of the molecule is O=C1CCCN1c1ccc(S(=O)(=O)NCCSCc2c(Cl)cccc2Cl)cc1. The second kappa shape index (κ2) is 9.50. The minimum absolute atomic E-state index is 0.0735. The maximum Gasteiger partial charge on any atom is 0.240 e. The van der Waals surface area contributed by atoms with E-state index in [0.29, 0.717) is 41.1 Å². The first-order chi connectivity index (χ1) is 13.4. The highest BCUT2D eigenvalue weighted by Crippen LogP contribution is 2.28. The molecule has 0 unspecified atom stereocenters. The van der Waals surface area contributed by atoms with Gasteiger partial charge in [-0.1, -0.05) is 29.3 Å². The molecule has 0 bridgehead atoms. The number of amides is 1. The third kappa shape index (κ3) is 5.21. The van der Waals surface area contributed by atoms with E-state index in [9.17, 15) is 13.2 Å². The van der Waals surface area contributed by atoms with E-state index >= 15 is 0 Å². The molecule has 150 valence electrons. The highest BCUT2D eigenvalue weighted by atomic mass is 35.5. The highest BCUT2D eigenvalue weighted by Gasteiger charge is 2.22. The van der Waals surface area contributed by atoms with Crippen LogP contribution in [0.1, 0.15) is 18.4 Å². The van der Waals surface area contributed by atoms with Gasteiger partial charge in [0.15, 0.2) is 0 Å². The fraction of sp³-hybridized carbons (Fsp3) is 0.316. The summed E-state index contributed by atoms with van der Waals surface area (Å²) >= 11 is 13.8. The summed E-state index contributed by atoms with van der Waals surface area (Å²) in [7, 11) is -3.59. The predicted octanol–water partition coefficient (Wildman–Crippen LogP) is 4.33. The monoisotopic (exact) mass is 458 g/mol. The van der Waals surface area contributed by atoms with Crippen molar-refractivity contribution in [1.82, 2.24) is 4.72 Å². The lowest BCUT2D eigenvalue weighted by Crippen LogP contribution is -2.26. The Morgan fingerprint density at radius 2 is 1.75 bits per heavy atom. The molecule has 2 aromatic rings. The smallest absolute Gasteiger partial charge is 0.240 e. The molecule has 1 amide bonds. The van der Waals surface area contributed by atoms with Gasteiger partial charge < -0.3 is 4.90 Å². The normalized spacial score (nSPS) is 14.6. The lowest BCUT2D eigenvalue weighted by atomic mass is 10.2. The van der Waals surface area contributed by atoms with Gasteiger partial charge in [-0.15, -0.1) is 0 Å². The van der Waals surface area contributed by atoms with E-state index < -0.39 is 10.0 Å². The van der Waals surface area contributed by atoms with Crippen molar-refractivity contribution in [3.8, 4) is 0 Å². The molecule has 1 N–H and O–H groups in total. The van der Waals surface area contributed by atoms with Crippen LogP contribution in [0.5, 0.6) is 0 Å². The molecule has 1 aliphatic rings. The molecular weight excluding hydrogens is 439 g/mol. The third-order valence-corrected chi connectivity index (χ3v) is 7.55. The Bertz CT molecular complexity index is 930. The van der Waals surface area contributed by atoms with Crippen molar-refractivity contribution < 1.29 is 13.2 Å². The largest absolute Gasteiger partial charge is 0.312 e. The summed E-state index contributed by atoms with van der Waals surface area (Å²) in [5.74, 6) is 1.27. The van der Waals surface area contributed by atoms with Gasteiger partial charge in [0.2, 0.25) is 15.9 Å². The molecule has 0 saturated carbocycles. The second-order valence-corrected chi connectivity index (χ2v) is 9.98. The standard InChI is InChI=1S/C19H20Cl2N2O3S2/c20-17-3-1-4-18(21)16(17)13-27-12-10-22-28(25,26)15-8-6-14(7-9-15)23-11-2-5-19(23)24/h1,3-4,6-9,22H,2,5,10-13H2. The fourth-order valence-corrected chi connectivity index (χ4v) is 5.66. The Morgan fingerprint density at radius 1 is 1.07 bits per heavy atom. The van der Waals surface area contributed by atoms with Crippen LogP contribution in [0.3, 0.4) is 0 Å². The van der Waals surface area contributed by atoms with E-state index in [1.54, 1.807) is 47.0 Å². The molecule has 0 spiro atoms. The number of thioether (sulfide) groups is 1. The zero-order chi connectivity index (χ0) is 20.1. The zero-order valence-electron chi connectivity index (χ0n) is 15.0. The Labute approximate surface area is 179 Å². The van der Waals surface area contributed by atoms with Crippen LogP contribution in [0, 0.1) is 0 Å². The molecule has 0 aliphatic carbocycles. The first kappa shape index (κ1) is 21.5. The van der Waals surface area contributed by atoms with E-state index in [1.165, 1.54) is 12.1 Å². The van der Waals surface area contributed by atoms with Gasteiger partial charge in [-0.05, 0) is 48.4 Å². The zero-order valence-corrected chi connectivity index (χ0v) is 18.2. The van der Waals surface area contributed by atoms with E-state index in [-0.39, 0.29) is 10.8 Å². The van der Waals surface area contributed by atoms with Gasteiger partial charge in [-0.3, -0.25) is 4.79 Å². The van der Waals surface area contributed by atoms with Crippen LogP contribution in [-0.4, -0.2) is 33.2 Å². The molecule has 0 aromatic heterocycles. The number of benzene rings is 2. The molecule has 28 heavy (non-hydrogen) atoms. The van der Waals surface area contributed by atoms with Crippen molar-refractivity contribution in [2.75, 3.05) is 23.7 Å². The number of nitrogens with one attached hydrogen (secondary N) is 1. The number of carbonyl (C=O) groups excluding carboxylic acids is 1. The van der Waals surface area contributed by atoms with Crippen LogP contribution >= 0.6 is 35.0 Å². The van der Waals surface area contributed by atoms with Gasteiger partial charge >= 0.3 is 0 Å². The van der Waals surface area contributed by atoms with Gasteiger partial charge in [-0.2, -0.15) is 11.8 Å². The first-order valence-corrected chi connectivity index (χ1v) is 12.2. The number of hydrogen-bond donors (Lipinski definition) is 1. The van der Waals surface area contributed by atoms with Crippen LogP contribution < -0.4 is 9.62 Å². The lowest BCUT2D eigenvalue weighted by molar-refractivity contribution is -0.117. The maximum atomic E-state index is 12.4. The van der Waals surface area contributed by atoms with E-state index in [2.05, 4.69) is 4.72 Å². The Hall–Kier alpha value is -1.25. The number of rotatable bonds is 8. The minimum Gasteiger partial charge on any atom is -0.312 e. The first-order valence-electron chi connectivity index (χ1n) is 8.79. The molecule has 1 fully saturated rings. The molecule has 1 saturated heterocycles. The van der Waals surface area contributed by atoms with Crippen molar-refractivity contribution in [2.24, 2.45) is 0 Å². The Balaban J connectivity index is 1.50. The van der Waals surface area contributed by atoms with Crippen LogP contribution in [0.25, 0.3) is 0 Å². The lowest BCUT2D eigenvalue weighted by Gasteiger charge is -2.16. The predicted molar refractivity (Wildman–Crippen MR) is 116 cm³/mol. The molecule has 5 nitrogen and oxygen atoms in total. The summed E-state index contributed by atoms with van der Waals surface area (Å²) in [5.41, 5.74) is 1.58. The second-order valence-electron chi connectivity index (χ2n) is 6.29. The summed E-state index contributed by atoms with van der Waals surface area (Å²) < 4.78 is 27.4. The molecule has 1 aliphatic heterocycles. The van der Waals surface area contributed by atoms with Gasteiger partial charge in [0.25, 0.3) is 0 Å². The number of sulfonamides is 1. The topological polar surface area (TPSA) is 66.5 Å². The van der Waals surface area contributed by atoms with Crippen molar-refractivity contribution in [2.45, 2.75) is 23.5 Å². The summed E-state index contributed by atoms with van der Waals surface area (Å²) in [6.45, 7) is 0.970. The van der Waals surface area contributed by atoms with Crippen LogP contribution in [0.15, 0.2) is 47.4 Å². The number of hydrogen-bond acceptors (Lipinski definition) is 4. The van der Waals surface area contributed by atoms with E-state index in [1.807, 2.05) is 0 Å². The molecule has 1 heterocycles. The Morgan fingerprint density at radius 3 is 2.36 bits per heavy atom.